The molecule has 0 spiro atoms. The Balaban J connectivity index is 0.000000575. The Morgan fingerprint density at radius 1 is 1.27 bits per heavy atom. The van der Waals surface area contributed by atoms with E-state index in [0.29, 0.717) is 6.04 Å². The van der Waals surface area contributed by atoms with Gasteiger partial charge in [0.05, 0.1) is 24.6 Å². The number of hydrogen-bond acceptors (Lipinski definition) is 4. The van der Waals surface area contributed by atoms with Crippen LogP contribution in [0.3, 0.4) is 0 Å². The number of aromatic nitrogens is 2. The number of aryl methyl sites for hydroxylation is 1. The monoisotopic (exact) mass is 413 g/mol. The normalized spacial score (nSPS) is 19.1. The molecule has 1 N–H and O–H groups in total. The van der Waals surface area contributed by atoms with Gasteiger partial charge < -0.3 is 10.0 Å². The minimum absolute atomic E-state index is 0.163. The first-order valence-corrected chi connectivity index (χ1v) is 11.4. The molecule has 0 atom stereocenters. The van der Waals surface area contributed by atoms with Crippen molar-refractivity contribution in [2.24, 2.45) is 10.2 Å². The van der Waals surface area contributed by atoms with Gasteiger partial charge in [0.25, 0.3) is 0 Å². The molecule has 1 aliphatic carbocycles. The number of aliphatic hydroxyl groups excluding tert-OH is 1. The molecule has 166 valence electrons. The van der Waals surface area contributed by atoms with E-state index in [9.17, 15) is 0 Å². The Bertz CT molecular complexity index is 782. The first kappa shape index (κ1) is 24.1. The van der Waals surface area contributed by atoms with E-state index in [1.54, 1.807) is 12.2 Å². The van der Waals surface area contributed by atoms with E-state index in [1.165, 1.54) is 42.6 Å². The fourth-order valence-electron chi connectivity index (χ4n) is 4.06. The largest absolute Gasteiger partial charge is 0.392 e. The van der Waals surface area contributed by atoms with Crippen molar-refractivity contribution in [1.82, 2.24) is 14.7 Å². The molecular formula is C24H39N5O. The fraction of sp³-hybridized carbons (Fsp3) is 0.625. The van der Waals surface area contributed by atoms with Gasteiger partial charge in [-0.3, -0.25) is 4.68 Å². The van der Waals surface area contributed by atoms with Crippen molar-refractivity contribution < 1.29 is 5.11 Å². The molecule has 0 unspecified atom stereocenters. The number of rotatable bonds is 6. The molecule has 1 aliphatic heterocycles. The lowest BCUT2D eigenvalue weighted by Crippen LogP contribution is -2.36. The summed E-state index contributed by atoms with van der Waals surface area (Å²) in [5, 5.41) is 22.0. The van der Waals surface area contributed by atoms with Crippen molar-refractivity contribution in [3.8, 4) is 0 Å². The van der Waals surface area contributed by atoms with Crippen LogP contribution in [0.4, 0.5) is 0 Å². The Labute approximate surface area is 182 Å². The first-order valence-electron chi connectivity index (χ1n) is 11.4. The van der Waals surface area contributed by atoms with Gasteiger partial charge in [0.1, 0.15) is 5.69 Å². The maximum absolute atomic E-state index is 7.98. The highest BCUT2D eigenvalue weighted by atomic mass is 16.2. The average molecular weight is 414 g/mol. The van der Waals surface area contributed by atoms with Crippen LogP contribution in [-0.2, 0) is 12.8 Å². The topological polar surface area (TPSA) is 66.0 Å². The summed E-state index contributed by atoms with van der Waals surface area (Å²) in [7, 11) is 2.11. The van der Waals surface area contributed by atoms with Crippen LogP contribution in [0.2, 0.25) is 0 Å². The third-order valence-electron chi connectivity index (χ3n) is 5.65. The quantitative estimate of drug-likeness (QED) is 0.418. The summed E-state index contributed by atoms with van der Waals surface area (Å²) in [4.78, 5) is 2.23. The van der Waals surface area contributed by atoms with Gasteiger partial charge in [-0.15, -0.1) is 5.10 Å². The van der Waals surface area contributed by atoms with Crippen LogP contribution in [-0.4, -0.2) is 52.0 Å². The van der Waals surface area contributed by atoms with Crippen molar-refractivity contribution in [1.29, 1.82) is 0 Å². The summed E-state index contributed by atoms with van der Waals surface area (Å²) in [6.07, 6.45) is 15.6. The van der Waals surface area contributed by atoms with Crippen molar-refractivity contribution >= 4 is 12.1 Å². The highest BCUT2D eigenvalue weighted by Gasteiger charge is 2.31. The van der Waals surface area contributed by atoms with E-state index >= 15 is 0 Å². The van der Waals surface area contributed by atoms with Gasteiger partial charge >= 0.3 is 0 Å². The van der Waals surface area contributed by atoms with Crippen LogP contribution in [0.15, 0.2) is 34.0 Å². The summed E-state index contributed by atoms with van der Waals surface area (Å²) in [5.41, 5.74) is 5.01. The molecule has 0 radical (unpaired) electrons. The predicted octanol–water partition coefficient (Wildman–Crippen LogP) is 4.69. The maximum Gasteiger partial charge on any atom is 0.176 e. The van der Waals surface area contributed by atoms with Crippen molar-refractivity contribution in [2.45, 2.75) is 78.7 Å². The van der Waals surface area contributed by atoms with Crippen LogP contribution in [0.1, 0.15) is 82.8 Å². The number of hydrogen-bond donors (Lipinski definition) is 1. The van der Waals surface area contributed by atoms with Gasteiger partial charge in [0.2, 0.25) is 0 Å². The molecular weight excluding hydrogens is 374 g/mol. The predicted molar refractivity (Wildman–Crippen MR) is 126 cm³/mol. The molecule has 30 heavy (non-hydrogen) atoms. The van der Waals surface area contributed by atoms with Crippen LogP contribution in [0, 0.1) is 0 Å². The van der Waals surface area contributed by atoms with Crippen molar-refractivity contribution in [2.75, 3.05) is 20.2 Å². The lowest BCUT2D eigenvalue weighted by Gasteiger charge is -2.28. The number of amidine groups is 1. The molecule has 3 rings (SSSR count). The van der Waals surface area contributed by atoms with Crippen LogP contribution < -0.4 is 0 Å². The molecule has 1 fully saturated rings. The lowest BCUT2D eigenvalue weighted by atomic mass is 10.0. The number of nitrogens with zero attached hydrogens (tertiary/aromatic N) is 5. The van der Waals surface area contributed by atoms with Crippen molar-refractivity contribution in [3.63, 3.8) is 0 Å². The van der Waals surface area contributed by atoms with Gasteiger partial charge in [-0.2, -0.15) is 10.2 Å². The molecule has 2 aliphatic rings. The zero-order valence-electron chi connectivity index (χ0n) is 19.4. The summed E-state index contributed by atoms with van der Waals surface area (Å²) in [6, 6.07) is 0.524. The molecule has 0 aromatic carbocycles. The average Bonchev–Trinajstić information content (AvgIpc) is 3.38. The molecule has 2 heterocycles. The summed E-state index contributed by atoms with van der Waals surface area (Å²) in [6.45, 7) is 9.42. The van der Waals surface area contributed by atoms with Crippen LogP contribution >= 0.6 is 0 Å². The van der Waals surface area contributed by atoms with Gasteiger partial charge in [-0.05, 0) is 51.5 Å². The second-order valence-corrected chi connectivity index (χ2v) is 7.96. The minimum Gasteiger partial charge on any atom is -0.392 e. The van der Waals surface area contributed by atoms with Crippen molar-refractivity contribution in [3.05, 3.63) is 40.8 Å². The van der Waals surface area contributed by atoms with E-state index in [2.05, 4.69) is 53.7 Å². The second-order valence-electron chi connectivity index (χ2n) is 7.96. The van der Waals surface area contributed by atoms with Gasteiger partial charge in [-0.25, -0.2) is 0 Å². The smallest absolute Gasteiger partial charge is 0.176 e. The van der Waals surface area contributed by atoms with E-state index in [1.807, 2.05) is 13.1 Å². The number of likely N-dealkylation sites (N-methyl/N-ethyl adjacent to an activating group) is 1. The lowest BCUT2D eigenvalue weighted by molar-refractivity contribution is 0.342. The molecule has 0 bridgehead atoms. The van der Waals surface area contributed by atoms with E-state index in [4.69, 9.17) is 10.2 Å². The molecule has 1 saturated carbocycles. The molecule has 1 aromatic heterocycles. The van der Waals surface area contributed by atoms with Crippen LogP contribution in [0.25, 0.3) is 0 Å². The number of allylic oxidation sites excluding steroid dienone is 3. The number of fused-ring (bicyclic) bond motifs is 1. The SMILES string of the molecule is C/C=C\CO.CC/C=C(C)/C=N/N=C1/c2c(c(CC)nn2C2CCCC2)CCN1C. The molecule has 6 heteroatoms. The van der Waals surface area contributed by atoms with Gasteiger partial charge in [-0.1, -0.05) is 44.9 Å². The Morgan fingerprint density at radius 3 is 2.57 bits per heavy atom. The van der Waals surface area contributed by atoms with Crippen LogP contribution in [0.5, 0.6) is 0 Å². The highest BCUT2D eigenvalue weighted by molar-refractivity contribution is 6.00. The highest BCUT2D eigenvalue weighted by Crippen LogP contribution is 2.33. The first-order chi connectivity index (χ1) is 14.6. The summed E-state index contributed by atoms with van der Waals surface area (Å²) in [5.74, 6) is 0.973. The maximum atomic E-state index is 7.98. The Kier molecular flexibility index (Phi) is 10.0. The van der Waals surface area contributed by atoms with E-state index < -0.39 is 0 Å². The van der Waals surface area contributed by atoms with Gasteiger partial charge in [0.15, 0.2) is 5.84 Å². The second kappa shape index (κ2) is 12.5. The molecule has 0 amide bonds. The summed E-state index contributed by atoms with van der Waals surface area (Å²) >= 11 is 0. The summed E-state index contributed by atoms with van der Waals surface area (Å²) < 4.78 is 2.28. The van der Waals surface area contributed by atoms with E-state index in [0.717, 1.165) is 37.2 Å². The molecule has 6 nitrogen and oxygen atoms in total. The third kappa shape index (κ3) is 6.14. The fourth-order valence-corrected chi connectivity index (χ4v) is 4.06. The Morgan fingerprint density at radius 2 is 2.00 bits per heavy atom. The van der Waals surface area contributed by atoms with Gasteiger partial charge in [0, 0.05) is 19.2 Å². The standard InChI is InChI=1S/C20H31N5.C4H8O/c1-5-9-15(3)14-21-22-20-19-17(12-13-24(20)4)18(6-2)23-25(19)16-10-7-8-11-16;1-2-3-4-5/h9,14,16H,5-8,10-13H2,1-4H3;2-3,5H,4H2,1H3/b15-9+,21-14+,22-20-;3-2-. The zero-order valence-corrected chi connectivity index (χ0v) is 19.4. The van der Waals surface area contributed by atoms with E-state index in [-0.39, 0.29) is 6.61 Å². The number of aliphatic hydroxyl groups is 1. The molecule has 0 saturated heterocycles. The molecule has 1 aromatic rings. The minimum atomic E-state index is 0.163. The third-order valence-corrected chi connectivity index (χ3v) is 5.65. The zero-order chi connectivity index (χ0) is 21.9. The Hall–Kier alpha value is -2.21.